The number of anilines is 1. The minimum absolute atomic E-state index is 0.0229. The molecule has 1 aliphatic rings. The van der Waals surface area contributed by atoms with Crippen LogP contribution in [0.25, 0.3) is 0 Å². The summed E-state index contributed by atoms with van der Waals surface area (Å²) < 4.78 is 41.5. The number of rotatable bonds is 11. The van der Waals surface area contributed by atoms with Crippen molar-refractivity contribution < 1.29 is 32.6 Å². The predicted molar refractivity (Wildman–Crippen MR) is 185 cm³/mol. The predicted octanol–water partition coefficient (Wildman–Crippen LogP) is 4.74. The number of carbonyl (C=O) groups is 2. The molecule has 2 aromatic carbocycles. The molecular formula is C34H51ClN4O7S. The maximum Gasteiger partial charge on any atom is 0.261 e. The normalized spacial score (nSPS) is 20.6. The van der Waals surface area contributed by atoms with Crippen molar-refractivity contribution >= 4 is 39.1 Å². The van der Waals surface area contributed by atoms with Crippen LogP contribution < -0.4 is 9.46 Å². The lowest BCUT2D eigenvalue weighted by molar-refractivity contribution is -0.132. The molecule has 2 N–H and O–H groups in total. The number of halogens is 1. The Kier molecular flexibility index (Phi) is 14.8. The van der Waals surface area contributed by atoms with Crippen LogP contribution in [0.2, 0.25) is 5.02 Å². The molecule has 0 aliphatic carbocycles. The van der Waals surface area contributed by atoms with Gasteiger partial charge in [-0.2, -0.15) is 0 Å². The highest BCUT2D eigenvalue weighted by Crippen LogP contribution is 2.30. The zero-order chi connectivity index (χ0) is 34.7. The van der Waals surface area contributed by atoms with E-state index in [1.54, 1.807) is 35.9 Å². The van der Waals surface area contributed by atoms with Crippen molar-refractivity contribution in [3.05, 3.63) is 53.1 Å². The SMILES string of the molecule is C[C@@H]1CCCCO[C@H](CN(C)C(=O)CCCN(C)C)[C@@H](C)CN([C@H](C)CO)C(=O)c2cc(NS(=O)(=O)c3ccc(Cl)cc3)ccc2O1. The van der Waals surface area contributed by atoms with E-state index in [0.29, 0.717) is 36.8 Å². The van der Waals surface area contributed by atoms with Crippen LogP contribution in [-0.4, -0.2) is 112 Å². The summed E-state index contributed by atoms with van der Waals surface area (Å²) in [6.07, 6.45) is 2.94. The van der Waals surface area contributed by atoms with Gasteiger partial charge in [-0.25, -0.2) is 8.42 Å². The molecule has 0 aromatic heterocycles. The van der Waals surface area contributed by atoms with Crippen LogP contribution in [0.4, 0.5) is 5.69 Å². The van der Waals surface area contributed by atoms with Gasteiger partial charge in [-0.05, 0) is 103 Å². The van der Waals surface area contributed by atoms with Gasteiger partial charge >= 0.3 is 0 Å². The Balaban J connectivity index is 1.93. The molecule has 47 heavy (non-hydrogen) atoms. The number of fused-ring (bicyclic) bond motifs is 1. The molecule has 1 heterocycles. The number of benzene rings is 2. The number of sulfonamides is 1. The smallest absolute Gasteiger partial charge is 0.261 e. The van der Waals surface area contributed by atoms with Crippen molar-refractivity contribution in [3.63, 3.8) is 0 Å². The first-order valence-corrected chi connectivity index (χ1v) is 18.1. The Morgan fingerprint density at radius 3 is 2.49 bits per heavy atom. The van der Waals surface area contributed by atoms with Gasteiger partial charge < -0.3 is 29.3 Å². The minimum Gasteiger partial charge on any atom is -0.490 e. The lowest BCUT2D eigenvalue weighted by atomic mass is 10.0. The van der Waals surface area contributed by atoms with E-state index in [-0.39, 0.29) is 53.3 Å². The Labute approximate surface area is 285 Å². The summed E-state index contributed by atoms with van der Waals surface area (Å²) in [5, 5.41) is 10.6. The summed E-state index contributed by atoms with van der Waals surface area (Å²) in [6, 6.07) is 9.85. The van der Waals surface area contributed by atoms with E-state index >= 15 is 0 Å². The number of amides is 2. The zero-order valence-corrected chi connectivity index (χ0v) is 30.0. The molecule has 3 rings (SSSR count). The van der Waals surface area contributed by atoms with Gasteiger partial charge in [0.1, 0.15) is 5.75 Å². The van der Waals surface area contributed by atoms with E-state index in [4.69, 9.17) is 21.1 Å². The van der Waals surface area contributed by atoms with E-state index < -0.39 is 22.0 Å². The quantitative estimate of drug-likeness (QED) is 0.346. The number of nitrogens with zero attached hydrogens (tertiary/aromatic N) is 3. The standard InChI is InChI=1S/C34H51ClN4O7S/c1-24-21-39(25(2)23-40)34(42)30-20-28(36-47(43,44)29-15-12-27(35)13-16-29)14-17-31(30)46-26(3)10-7-8-19-45-32(24)22-38(6)33(41)11-9-18-37(4)5/h12-17,20,24-26,32,36,40H,7-11,18-19,21-23H2,1-6H3/t24-,25+,26+,32+/m0/s1. The molecule has 1 aliphatic heterocycles. The van der Waals surface area contributed by atoms with Crippen molar-refractivity contribution in [2.45, 2.75) is 76.0 Å². The first-order valence-electron chi connectivity index (χ1n) is 16.2. The van der Waals surface area contributed by atoms with Gasteiger partial charge in [0.05, 0.1) is 35.3 Å². The van der Waals surface area contributed by atoms with Gasteiger partial charge in [0.15, 0.2) is 0 Å². The average molecular weight is 695 g/mol. The van der Waals surface area contributed by atoms with Gasteiger partial charge in [0.2, 0.25) is 5.91 Å². The van der Waals surface area contributed by atoms with Crippen molar-refractivity contribution in [1.82, 2.24) is 14.7 Å². The fourth-order valence-corrected chi connectivity index (χ4v) is 6.56. The number of aliphatic hydroxyl groups excluding tert-OH is 1. The van der Waals surface area contributed by atoms with Crippen LogP contribution in [0.1, 0.15) is 63.2 Å². The maximum absolute atomic E-state index is 14.3. The largest absolute Gasteiger partial charge is 0.490 e. The van der Waals surface area contributed by atoms with Crippen molar-refractivity contribution in [2.75, 3.05) is 58.7 Å². The molecule has 2 amide bonds. The average Bonchev–Trinajstić information content (AvgIpc) is 3.02. The van der Waals surface area contributed by atoms with Gasteiger partial charge in [0, 0.05) is 49.8 Å². The van der Waals surface area contributed by atoms with Gasteiger partial charge in [-0.3, -0.25) is 14.3 Å². The topological polar surface area (TPSA) is 129 Å². The molecule has 13 heteroatoms. The van der Waals surface area contributed by atoms with Crippen LogP contribution in [-0.2, 0) is 19.6 Å². The third-order valence-corrected chi connectivity index (χ3v) is 9.95. The highest BCUT2D eigenvalue weighted by Gasteiger charge is 2.31. The molecule has 262 valence electrons. The fourth-order valence-electron chi connectivity index (χ4n) is 5.39. The molecule has 0 spiro atoms. The molecular weight excluding hydrogens is 644 g/mol. The zero-order valence-electron chi connectivity index (χ0n) is 28.4. The number of aliphatic hydroxyl groups is 1. The number of nitrogens with one attached hydrogen (secondary N) is 1. The highest BCUT2D eigenvalue weighted by molar-refractivity contribution is 7.92. The monoisotopic (exact) mass is 694 g/mol. The third-order valence-electron chi connectivity index (χ3n) is 8.30. The maximum atomic E-state index is 14.3. The van der Waals surface area contributed by atoms with Gasteiger partial charge in [0.25, 0.3) is 15.9 Å². The molecule has 0 radical (unpaired) electrons. The molecule has 0 saturated heterocycles. The summed E-state index contributed by atoms with van der Waals surface area (Å²) in [4.78, 5) is 32.6. The second-order valence-corrected chi connectivity index (χ2v) is 14.9. The number of hydrogen-bond donors (Lipinski definition) is 2. The molecule has 11 nitrogen and oxygen atoms in total. The minimum atomic E-state index is -3.98. The van der Waals surface area contributed by atoms with Crippen molar-refractivity contribution in [2.24, 2.45) is 5.92 Å². The fraction of sp³-hybridized carbons (Fsp3) is 0.588. The first-order chi connectivity index (χ1) is 22.2. The van der Waals surface area contributed by atoms with Crippen LogP contribution in [0, 0.1) is 5.92 Å². The van der Waals surface area contributed by atoms with Crippen LogP contribution in [0.5, 0.6) is 5.75 Å². The van der Waals surface area contributed by atoms with E-state index in [0.717, 1.165) is 25.8 Å². The molecule has 2 aromatic rings. The summed E-state index contributed by atoms with van der Waals surface area (Å²) in [7, 11) is 1.75. The highest BCUT2D eigenvalue weighted by atomic mass is 35.5. The van der Waals surface area contributed by atoms with E-state index in [1.807, 2.05) is 32.8 Å². The summed E-state index contributed by atoms with van der Waals surface area (Å²) in [5.74, 6) is -0.264. The molecule has 4 atom stereocenters. The first kappa shape index (κ1) is 38.5. The van der Waals surface area contributed by atoms with E-state index in [9.17, 15) is 23.1 Å². The third kappa shape index (κ3) is 11.6. The van der Waals surface area contributed by atoms with E-state index in [1.165, 1.54) is 30.3 Å². The van der Waals surface area contributed by atoms with Gasteiger partial charge in [-0.15, -0.1) is 0 Å². The van der Waals surface area contributed by atoms with E-state index in [2.05, 4.69) is 4.72 Å². The number of carbonyl (C=O) groups excluding carboxylic acids is 2. The summed E-state index contributed by atoms with van der Waals surface area (Å²) in [6.45, 7) is 7.27. The summed E-state index contributed by atoms with van der Waals surface area (Å²) >= 11 is 5.94. The Hall–Kier alpha value is -2.90. The second kappa shape index (κ2) is 18.0. The Morgan fingerprint density at radius 2 is 1.83 bits per heavy atom. The molecule has 0 saturated carbocycles. The van der Waals surface area contributed by atoms with Crippen LogP contribution >= 0.6 is 11.6 Å². The Morgan fingerprint density at radius 1 is 1.13 bits per heavy atom. The summed E-state index contributed by atoms with van der Waals surface area (Å²) in [5.41, 5.74) is 0.355. The van der Waals surface area contributed by atoms with Crippen LogP contribution in [0.3, 0.4) is 0 Å². The number of ether oxygens (including phenoxy) is 2. The molecule has 0 unspecified atom stereocenters. The van der Waals surface area contributed by atoms with Gasteiger partial charge in [-0.1, -0.05) is 18.5 Å². The van der Waals surface area contributed by atoms with Crippen molar-refractivity contribution in [3.8, 4) is 5.75 Å². The lowest BCUT2D eigenvalue weighted by Crippen LogP contribution is -2.48. The second-order valence-electron chi connectivity index (χ2n) is 12.8. The lowest BCUT2D eigenvalue weighted by Gasteiger charge is -2.36. The number of hydrogen-bond acceptors (Lipinski definition) is 8. The molecule has 0 fully saturated rings. The Bertz CT molecular complexity index is 1420. The van der Waals surface area contributed by atoms with Crippen molar-refractivity contribution in [1.29, 1.82) is 0 Å². The number of likely N-dealkylation sites (N-methyl/N-ethyl adjacent to an activating group) is 1. The van der Waals surface area contributed by atoms with Crippen LogP contribution in [0.15, 0.2) is 47.4 Å². The molecule has 0 bridgehead atoms.